The molecule has 0 unspecified atom stereocenters. The lowest BCUT2D eigenvalue weighted by atomic mass is 10.0. The van der Waals surface area contributed by atoms with Gasteiger partial charge in [-0.3, -0.25) is 18.7 Å². The van der Waals surface area contributed by atoms with Crippen LogP contribution in [0.1, 0.15) is 41.3 Å². The topological polar surface area (TPSA) is 117 Å². The molecule has 0 radical (unpaired) electrons. The third-order valence-corrected chi connectivity index (χ3v) is 7.05. The largest absolute Gasteiger partial charge is 0.493 e. The molecule has 43 heavy (non-hydrogen) atoms. The molecule has 0 saturated carbocycles. The molecule has 1 atom stereocenters. The van der Waals surface area contributed by atoms with Crippen molar-refractivity contribution in [1.29, 1.82) is 0 Å². The van der Waals surface area contributed by atoms with Gasteiger partial charge in [-0.1, -0.05) is 54.6 Å². The highest BCUT2D eigenvalue weighted by molar-refractivity contribution is 5.67. The zero-order valence-electron chi connectivity index (χ0n) is 23.1. The average Bonchev–Trinajstić information content (AvgIpc) is 2.96. The SMILES string of the molecule is Cc1c(-c2ccccc2)c(=O)n(CC[C@H](N)c2ccccc2OCCC(=O)O)c(=O)n1Cc1c(F)cccc1C(F)(F)F. The molecule has 0 fully saturated rings. The number of carboxylic acids is 1. The van der Waals surface area contributed by atoms with E-state index >= 15 is 0 Å². The van der Waals surface area contributed by atoms with Gasteiger partial charge in [0.25, 0.3) is 5.56 Å². The number of hydrogen-bond acceptors (Lipinski definition) is 5. The lowest BCUT2D eigenvalue weighted by Gasteiger charge is -2.21. The van der Waals surface area contributed by atoms with E-state index in [1.165, 1.54) is 6.92 Å². The van der Waals surface area contributed by atoms with Gasteiger partial charge in [-0.25, -0.2) is 9.18 Å². The first-order valence-electron chi connectivity index (χ1n) is 13.3. The van der Waals surface area contributed by atoms with E-state index in [0.717, 1.165) is 27.3 Å². The molecule has 3 N–H and O–H groups in total. The summed E-state index contributed by atoms with van der Waals surface area (Å²) in [7, 11) is 0. The van der Waals surface area contributed by atoms with E-state index in [1.807, 2.05) is 0 Å². The Labute approximate surface area is 243 Å². The number of carboxylic acid groups (broad SMARTS) is 1. The number of aromatic nitrogens is 2. The number of alkyl halides is 3. The smallest absolute Gasteiger partial charge is 0.416 e. The summed E-state index contributed by atoms with van der Waals surface area (Å²) in [6.07, 6.45) is -5.07. The molecule has 0 amide bonds. The predicted molar refractivity (Wildman–Crippen MR) is 151 cm³/mol. The van der Waals surface area contributed by atoms with Crippen molar-refractivity contribution in [3.05, 3.63) is 122 Å². The molecular formula is C31H29F4N3O5. The van der Waals surface area contributed by atoms with E-state index in [9.17, 15) is 31.9 Å². The molecule has 4 rings (SSSR count). The summed E-state index contributed by atoms with van der Waals surface area (Å²) in [4.78, 5) is 38.3. The van der Waals surface area contributed by atoms with Crippen LogP contribution in [0.3, 0.4) is 0 Å². The fourth-order valence-electron chi connectivity index (χ4n) is 4.85. The van der Waals surface area contributed by atoms with Crippen LogP contribution >= 0.6 is 0 Å². The van der Waals surface area contributed by atoms with E-state index in [1.54, 1.807) is 54.6 Å². The first-order valence-corrected chi connectivity index (χ1v) is 13.3. The van der Waals surface area contributed by atoms with Crippen molar-refractivity contribution >= 4 is 5.97 Å². The van der Waals surface area contributed by atoms with E-state index in [0.29, 0.717) is 16.9 Å². The number of ether oxygens (including phenoxy) is 1. The van der Waals surface area contributed by atoms with Crippen molar-refractivity contribution in [2.45, 2.75) is 45.1 Å². The quantitative estimate of drug-likeness (QED) is 0.231. The second-order valence-corrected chi connectivity index (χ2v) is 9.84. The van der Waals surface area contributed by atoms with Crippen LogP contribution in [0.2, 0.25) is 0 Å². The van der Waals surface area contributed by atoms with Gasteiger partial charge in [0.2, 0.25) is 0 Å². The van der Waals surface area contributed by atoms with Crippen LogP contribution in [0.4, 0.5) is 17.6 Å². The van der Waals surface area contributed by atoms with Crippen molar-refractivity contribution in [2.75, 3.05) is 6.61 Å². The second-order valence-electron chi connectivity index (χ2n) is 9.84. The van der Waals surface area contributed by atoms with Crippen molar-refractivity contribution in [1.82, 2.24) is 9.13 Å². The van der Waals surface area contributed by atoms with E-state index < -0.39 is 52.9 Å². The van der Waals surface area contributed by atoms with Gasteiger partial charge in [-0.2, -0.15) is 13.2 Å². The van der Waals surface area contributed by atoms with Crippen LogP contribution < -0.4 is 21.7 Å². The van der Waals surface area contributed by atoms with Gasteiger partial charge in [0.05, 0.1) is 30.7 Å². The monoisotopic (exact) mass is 599 g/mol. The highest BCUT2D eigenvalue weighted by Gasteiger charge is 2.35. The molecule has 0 aliphatic rings. The Kier molecular flexibility index (Phi) is 9.50. The summed E-state index contributed by atoms with van der Waals surface area (Å²) < 4.78 is 63.6. The number of hydrogen-bond donors (Lipinski definition) is 2. The minimum atomic E-state index is -4.88. The molecule has 0 spiro atoms. The van der Waals surface area contributed by atoms with Crippen molar-refractivity contribution in [2.24, 2.45) is 5.73 Å². The molecule has 226 valence electrons. The number of para-hydroxylation sites is 1. The van der Waals surface area contributed by atoms with Crippen LogP contribution in [0.15, 0.2) is 82.4 Å². The molecule has 0 bridgehead atoms. The molecular weight excluding hydrogens is 570 g/mol. The number of rotatable bonds is 11. The molecule has 1 heterocycles. The number of benzene rings is 3. The van der Waals surface area contributed by atoms with Gasteiger partial charge >= 0.3 is 17.8 Å². The molecule has 1 aromatic heterocycles. The predicted octanol–water partition coefficient (Wildman–Crippen LogP) is 5.14. The third kappa shape index (κ3) is 7.03. The fraction of sp³-hybridized carbons (Fsp3) is 0.258. The molecule has 3 aromatic carbocycles. The van der Waals surface area contributed by atoms with Crippen LogP contribution in [0, 0.1) is 12.7 Å². The lowest BCUT2D eigenvalue weighted by Crippen LogP contribution is -2.43. The van der Waals surface area contributed by atoms with E-state index in [4.69, 9.17) is 15.6 Å². The van der Waals surface area contributed by atoms with E-state index in [2.05, 4.69) is 0 Å². The van der Waals surface area contributed by atoms with Gasteiger partial charge < -0.3 is 15.6 Å². The third-order valence-electron chi connectivity index (χ3n) is 7.05. The van der Waals surface area contributed by atoms with Crippen LogP contribution in [-0.2, 0) is 24.1 Å². The fourth-order valence-corrected chi connectivity index (χ4v) is 4.85. The zero-order chi connectivity index (χ0) is 31.3. The average molecular weight is 600 g/mol. The molecule has 0 aliphatic heterocycles. The van der Waals surface area contributed by atoms with Gasteiger partial charge in [-0.15, -0.1) is 0 Å². The van der Waals surface area contributed by atoms with E-state index in [-0.39, 0.29) is 37.3 Å². The molecule has 8 nitrogen and oxygen atoms in total. The molecule has 0 saturated heterocycles. The summed E-state index contributed by atoms with van der Waals surface area (Å²) in [5.41, 5.74) is 3.96. The van der Waals surface area contributed by atoms with Gasteiger partial charge in [0, 0.05) is 29.4 Å². The standard InChI is InChI=1S/C31H29F4N3O5/c1-19-28(20-8-3-2-4-9-20)29(41)37(16-14-25(36)21-10-5-6-13-26(21)43-17-15-27(39)40)30(42)38(19)18-22-23(31(33,34)35)11-7-12-24(22)32/h2-13,25H,14-18,36H2,1H3,(H,39,40)/t25-/m0/s1. The van der Waals surface area contributed by atoms with Crippen LogP contribution in [-0.4, -0.2) is 26.8 Å². The van der Waals surface area contributed by atoms with Crippen LogP contribution in [0.5, 0.6) is 5.75 Å². The Morgan fingerprint density at radius 3 is 2.33 bits per heavy atom. The van der Waals surface area contributed by atoms with Crippen molar-refractivity contribution in [3.63, 3.8) is 0 Å². The summed E-state index contributed by atoms with van der Waals surface area (Å²) in [5, 5.41) is 8.90. The Morgan fingerprint density at radius 2 is 1.65 bits per heavy atom. The Balaban J connectivity index is 1.77. The Hall–Kier alpha value is -4.71. The van der Waals surface area contributed by atoms with Gasteiger partial charge in [-0.05, 0) is 37.1 Å². The highest BCUT2D eigenvalue weighted by atomic mass is 19.4. The highest BCUT2D eigenvalue weighted by Crippen LogP contribution is 2.34. The normalized spacial score (nSPS) is 12.2. The number of aliphatic carboxylic acids is 1. The maximum Gasteiger partial charge on any atom is 0.416 e. The Bertz CT molecular complexity index is 1730. The van der Waals surface area contributed by atoms with Gasteiger partial charge in [0.15, 0.2) is 0 Å². The zero-order valence-corrected chi connectivity index (χ0v) is 23.1. The van der Waals surface area contributed by atoms with Crippen molar-refractivity contribution < 1.29 is 32.2 Å². The summed E-state index contributed by atoms with van der Waals surface area (Å²) in [5.74, 6) is -1.83. The molecule has 12 heteroatoms. The number of nitrogens with zero attached hydrogens (tertiary/aromatic N) is 2. The number of carbonyl (C=O) groups is 1. The van der Waals surface area contributed by atoms with Crippen molar-refractivity contribution in [3.8, 4) is 16.9 Å². The maximum atomic E-state index is 14.8. The lowest BCUT2D eigenvalue weighted by molar-refractivity contribution is -0.139. The number of halogens is 4. The first kappa shape index (κ1) is 31.2. The molecule has 0 aliphatic carbocycles. The minimum Gasteiger partial charge on any atom is -0.493 e. The second kappa shape index (κ2) is 13.1. The number of nitrogens with two attached hydrogens (primary N) is 1. The minimum absolute atomic E-state index is 0.0409. The summed E-state index contributed by atoms with van der Waals surface area (Å²) in [6, 6.07) is 16.8. The maximum absolute atomic E-state index is 14.8. The Morgan fingerprint density at radius 1 is 0.977 bits per heavy atom. The summed E-state index contributed by atoms with van der Waals surface area (Å²) in [6.45, 7) is 0.349. The van der Waals surface area contributed by atoms with Gasteiger partial charge in [0.1, 0.15) is 11.6 Å². The first-order chi connectivity index (χ1) is 20.4. The molecule has 4 aromatic rings. The summed E-state index contributed by atoms with van der Waals surface area (Å²) >= 11 is 0. The van der Waals surface area contributed by atoms with Crippen LogP contribution in [0.25, 0.3) is 11.1 Å².